The van der Waals surface area contributed by atoms with Crippen molar-refractivity contribution in [3.8, 4) is 0 Å². The fourth-order valence-corrected chi connectivity index (χ4v) is 1.91. The molecule has 0 aliphatic heterocycles. The second kappa shape index (κ2) is 9.61. The van der Waals surface area contributed by atoms with E-state index < -0.39 is 11.7 Å². The zero-order valence-electron chi connectivity index (χ0n) is 13.3. The predicted octanol–water partition coefficient (Wildman–Crippen LogP) is 2.97. The fourth-order valence-electron chi connectivity index (χ4n) is 1.91. The van der Waals surface area contributed by atoms with Crippen LogP contribution in [0, 0.1) is 5.92 Å². The molecule has 0 saturated heterocycles. The molecule has 0 rings (SSSR count). The Bertz CT molecular complexity index is 298. The van der Waals surface area contributed by atoms with Crippen LogP contribution in [-0.4, -0.2) is 24.1 Å². The highest BCUT2D eigenvalue weighted by molar-refractivity contribution is 5.76. The quantitative estimate of drug-likeness (QED) is 0.639. The van der Waals surface area contributed by atoms with Gasteiger partial charge in [-0.05, 0) is 33.6 Å². The molecule has 0 saturated carbocycles. The molecule has 0 heterocycles. The first kappa shape index (κ1) is 18.7. The molecule has 1 unspecified atom stereocenters. The van der Waals surface area contributed by atoms with Gasteiger partial charge in [0, 0.05) is 12.5 Å². The number of rotatable bonds is 9. The maximum Gasteiger partial charge on any atom is 0.407 e. The Morgan fingerprint density at radius 2 is 1.80 bits per heavy atom. The zero-order valence-corrected chi connectivity index (χ0v) is 13.3. The number of carbonyl (C=O) groups is 2. The van der Waals surface area contributed by atoms with E-state index in [9.17, 15) is 9.59 Å². The topological polar surface area (TPSA) is 81.4 Å². The lowest BCUT2D eigenvalue weighted by Crippen LogP contribution is -2.35. The fraction of sp³-hybridized carbons (Fsp3) is 0.867. The van der Waals surface area contributed by atoms with Gasteiger partial charge in [0.1, 0.15) is 5.60 Å². The lowest BCUT2D eigenvalue weighted by molar-refractivity contribution is -0.122. The summed E-state index contributed by atoms with van der Waals surface area (Å²) in [7, 11) is 0. The van der Waals surface area contributed by atoms with E-state index in [-0.39, 0.29) is 11.8 Å². The van der Waals surface area contributed by atoms with Crippen LogP contribution in [0.25, 0.3) is 0 Å². The van der Waals surface area contributed by atoms with E-state index in [0.717, 1.165) is 19.3 Å². The monoisotopic (exact) mass is 286 g/mol. The molecule has 3 N–H and O–H groups in total. The van der Waals surface area contributed by atoms with E-state index in [0.29, 0.717) is 13.0 Å². The molecule has 0 aromatic carbocycles. The van der Waals surface area contributed by atoms with Crippen molar-refractivity contribution in [1.29, 1.82) is 0 Å². The van der Waals surface area contributed by atoms with E-state index in [1.54, 1.807) is 0 Å². The summed E-state index contributed by atoms with van der Waals surface area (Å²) in [5.74, 6) is -0.450. The van der Waals surface area contributed by atoms with Crippen LogP contribution in [0.5, 0.6) is 0 Å². The van der Waals surface area contributed by atoms with E-state index in [1.165, 1.54) is 12.8 Å². The molecule has 0 radical (unpaired) electrons. The molecule has 0 aromatic heterocycles. The van der Waals surface area contributed by atoms with Gasteiger partial charge in [-0.2, -0.15) is 0 Å². The summed E-state index contributed by atoms with van der Waals surface area (Å²) in [5, 5.41) is 2.66. The smallest absolute Gasteiger partial charge is 0.407 e. The SMILES string of the molecule is CCCCCCC(CCNC(=O)OC(C)(C)C)C(N)=O. The number of primary amides is 1. The second-order valence-corrected chi connectivity index (χ2v) is 6.17. The Balaban J connectivity index is 3.91. The third-order valence-electron chi connectivity index (χ3n) is 2.97. The Hall–Kier alpha value is -1.26. The number of nitrogens with two attached hydrogens (primary N) is 1. The lowest BCUT2D eigenvalue weighted by Gasteiger charge is -2.20. The first-order valence-electron chi connectivity index (χ1n) is 7.52. The van der Waals surface area contributed by atoms with Crippen molar-refractivity contribution in [1.82, 2.24) is 5.32 Å². The zero-order chi connectivity index (χ0) is 15.6. The summed E-state index contributed by atoms with van der Waals surface area (Å²) in [5.41, 5.74) is 4.88. The maximum absolute atomic E-state index is 11.5. The molecule has 20 heavy (non-hydrogen) atoms. The van der Waals surface area contributed by atoms with Crippen molar-refractivity contribution >= 4 is 12.0 Å². The van der Waals surface area contributed by atoms with Crippen LogP contribution in [-0.2, 0) is 9.53 Å². The first-order valence-corrected chi connectivity index (χ1v) is 7.52. The second-order valence-electron chi connectivity index (χ2n) is 6.17. The van der Waals surface area contributed by atoms with Crippen molar-refractivity contribution in [2.24, 2.45) is 11.7 Å². The van der Waals surface area contributed by atoms with Crippen LogP contribution in [0.1, 0.15) is 66.2 Å². The van der Waals surface area contributed by atoms with E-state index >= 15 is 0 Å². The third kappa shape index (κ3) is 10.6. The maximum atomic E-state index is 11.5. The molecule has 5 nitrogen and oxygen atoms in total. The summed E-state index contributed by atoms with van der Waals surface area (Å²) in [6, 6.07) is 0. The number of hydrogen-bond acceptors (Lipinski definition) is 3. The van der Waals surface area contributed by atoms with Crippen molar-refractivity contribution in [3.63, 3.8) is 0 Å². The number of alkyl carbamates (subject to hydrolysis) is 1. The van der Waals surface area contributed by atoms with Gasteiger partial charge in [0.05, 0.1) is 0 Å². The molecule has 2 amide bonds. The van der Waals surface area contributed by atoms with Gasteiger partial charge in [-0.1, -0.05) is 32.6 Å². The number of ether oxygens (including phenoxy) is 1. The van der Waals surface area contributed by atoms with Gasteiger partial charge in [0.25, 0.3) is 0 Å². The Labute approximate surface area is 122 Å². The number of carbonyl (C=O) groups excluding carboxylic acids is 2. The van der Waals surface area contributed by atoms with Crippen molar-refractivity contribution in [2.75, 3.05) is 6.54 Å². The third-order valence-corrected chi connectivity index (χ3v) is 2.97. The summed E-state index contributed by atoms with van der Waals surface area (Å²) in [6.07, 6.45) is 5.40. The number of unbranched alkanes of at least 4 members (excludes halogenated alkanes) is 3. The lowest BCUT2D eigenvalue weighted by atomic mass is 9.97. The number of hydrogen-bond donors (Lipinski definition) is 2. The van der Waals surface area contributed by atoms with E-state index in [2.05, 4.69) is 12.2 Å². The predicted molar refractivity (Wildman–Crippen MR) is 80.3 cm³/mol. The summed E-state index contributed by atoms with van der Waals surface area (Å²) in [6.45, 7) is 8.00. The summed E-state index contributed by atoms with van der Waals surface area (Å²) >= 11 is 0. The van der Waals surface area contributed by atoms with Gasteiger partial charge < -0.3 is 15.8 Å². The molecule has 0 spiro atoms. The molecule has 1 atom stereocenters. The van der Waals surface area contributed by atoms with Gasteiger partial charge in [-0.15, -0.1) is 0 Å². The van der Waals surface area contributed by atoms with Gasteiger partial charge in [-0.25, -0.2) is 4.79 Å². The van der Waals surface area contributed by atoms with Crippen molar-refractivity contribution in [2.45, 2.75) is 71.8 Å². The first-order chi connectivity index (χ1) is 9.26. The van der Waals surface area contributed by atoms with Crippen LogP contribution in [0.2, 0.25) is 0 Å². The molecule has 0 bridgehead atoms. The van der Waals surface area contributed by atoms with Crippen LogP contribution in [0.4, 0.5) is 4.79 Å². The van der Waals surface area contributed by atoms with Gasteiger partial charge in [0.15, 0.2) is 0 Å². The molecule has 0 aliphatic carbocycles. The molecule has 118 valence electrons. The molecule has 0 fully saturated rings. The molecule has 0 aromatic rings. The number of nitrogens with one attached hydrogen (secondary N) is 1. The highest BCUT2D eigenvalue weighted by Crippen LogP contribution is 2.14. The van der Waals surface area contributed by atoms with Crippen LogP contribution < -0.4 is 11.1 Å². The molecular formula is C15H30N2O3. The standard InChI is InChI=1S/C15H30N2O3/c1-5-6-7-8-9-12(13(16)18)10-11-17-14(19)20-15(2,3)4/h12H,5-11H2,1-4H3,(H2,16,18)(H,17,19). The van der Waals surface area contributed by atoms with E-state index in [4.69, 9.17) is 10.5 Å². The average molecular weight is 286 g/mol. The van der Waals surface area contributed by atoms with Gasteiger partial charge in [-0.3, -0.25) is 4.79 Å². The van der Waals surface area contributed by atoms with Gasteiger partial charge in [0.2, 0.25) is 5.91 Å². The summed E-state index contributed by atoms with van der Waals surface area (Å²) in [4.78, 5) is 22.8. The molecular weight excluding hydrogens is 256 g/mol. The van der Waals surface area contributed by atoms with E-state index in [1.807, 2.05) is 20.8 Å². The largest absolute Gasteiger partial charge is 0.444 e. The molecule has 0 aliphatic rings. The minimum Gasteiger partial charge on any atom is -0.444 e. The average Bonchev–Trinajstić information content (AvgIpc) is 2.29. The van der Waals surface area contributed by atoms with Crippen molar-refractivity contribution in [3.05, 3.63) is 0 Å². The highest BCUT2D eigenvalue weighted by Gasteiger charge is 2.18. The van der Waals surface area contributed by atoms with Crippen LogP contribution in [0.15, 0.2) is 0 Å². The minimum absolute atomic E-state index is 0.165. The minimum atomic E-state index is -0.507. The Morgan fingerprint density at radius 3 is 2.30 bits per heavy atom. The highest BCUT2D eigenvalue weighted by atomic mass is 16.6. The molecule has 5 heteroatoms. The number of amides is 2. The van der Waals surface area contributed by atoms with Gasteiger partial charge >= 0.3 is 6.09 Å². The normalized spacial score (nSPS) is 12.8. The van der Waals surface area contributed by atoms with Crippen LogP contribution >= 0.6 is 0 Å². The Kier molecular flexibility index (Phi) is 9.01. The van der Waals surface area contributed by atoms with Crippen molar-refractivity contribution < 1.29 is 14.3 Å². The van der Waals surface area contributed by atoms with Crippen LogP contribution in [0.3, 0.4) is 0 Å². The summed E-state index contributed by atoms with van der Waals surface area (Å²) < 4.78 is 5.13. The Morgan fingerprint density at radius 1 is 1.15 bits per heavy atom.